The van der Waals surface area contributed by atoms with Crippen LogP contribution < -0.4 is 4.90 Å². The van der Waals surface area contributed by atoms with Crippen molar-refractivity contribution in [2.75, 3.05) is 31.2 Å². The topological polar surface area (TPSA) is 51.1 Å². The molecule has 0 N–H and O–H groups in total. The van der Waals surface area contributed by atoms with Crippen molar-refractivity contribution in [3.05, 3.63) is 57.6 Å². The summed E-state index contributed by atoms with van der Waals surface area (Å²) in [6.07, 6.45) is 1.80. The summed E-state index contributed by atoms with van der Waals surface area (Å²) in [5.41, 5.74) is 3.41. The molecule has 2 aromatic rings. The number of carbonyl (C=O) groups excluding carboxylic acids is 1. The number of ether oxygens (including phenoxy) is 2. The van der Waals surface area contributed by atoms with Gasteiger partial charge in [-0.25, -0.2) is 9.79 Å². The number of rotatable bonds is 3. The van der Waals surface area contributed by atoms with E-state index < -0.39 is 5.97 Å². The first-order valence-corrected chi connectivity index (χ1v) is 9.44. The normalized spacial score (nSPS) is 19.0. The van der Waals surface area contributed by atoms with E-state index in [9.17, 15) is 4.79 Å². The van der Waals surface area contributed by atoms with Crippen molar-refractivity contribution in [2.24, 2.45) is 4.99 Å². The van der Waals surface area contributed by atoms with E-state index >= 15 is 0 Å². The molecular weight excluding hydrogens is 348 g/mol. The van der Waals surface area contributed by atoms with Crippen LogP contribution in [0.1, 0.15) is 21.6 Å². The number of hydrogen-bond donors (Lipinski definition) is 0. The first-order valence-electron chi connectivity index (χ1n) is 8.62. The summed E-state index contributed by atoms with van der Waals surface area (Å²) in [5.74, 6) is -0.0292. The maximum atomic E-state index is 12.2. The van der Waals surface area contributed by atoms with Crippen LogP contribution in [-0.4, -0.2) is 38.2 Å². The smallest absolute Gasteiger partial charge is 0.363 e. The molecule has 5 nitrogen and oxygen atoms in total. The van der Waals surface area contributed by atoms with Crippen molar-refractivity contribution in [1.82, 2.24) is 0 Å². The molecule has 0 amide bonds. The van der Waals surface area contributed by atoms with Gasteiger partial charge in [0.1, 0.15) is 0 Å². The molecule has 0 atom stereocenters. The highest BCUT2D eigenvalue weighted by Crippen LogP contribution is 2.29. The first kappa shape index (κ1) is 17.0. The minimum Gasteiger partial charge on any atom is -0.402 e. The van der Waals surface area contributed by atoms with Gasteiger partial charge in [0, 0.05) is 23.5 Å². The average Bonchev–Trinajstić information content (AvgIpc) is 3.23. The van der Waals surface area contributed by atoms with Gasteiger partial charge in [-0.2, -0.15) is 0 Å². The van der Waals surface area contributed by atoms with Crippen molar-refractivity contribution in [3.63, 3.8) is 0 Å². The molecule has 0 aliphatic carbocycles. The van der Waals surface area contributed by atoms with Crippen LogP contribution in [0.25, 0.3) is 6.08 Å². The summed E-state index contributed by atoms with van der Waals surface area (Å²) in [4.78, 5) is 19.9. The SMILES string of the molecule is Cc1cc(C)cc(C2=N/C(=C/c3ccc(N4CCOCC4)s3)C(=O)O2)c1. The zero-order chi connectivity index (χ0) is 18.1. The van der Waals surface area contributed by atoms with Crippen molar-refractivity contribution in [2.45, 2.75) is 13.8 Å². The Labute approximate surface area is 156 Å². The lowest BCUT2D eigenvalue weighted by Crippen LogP contribution is -2.35. The minimum absolute atomic E-state index is 0.342. The summed E-state index contributed by atoms with van der Waals surface area (Å²) in [6, 6.07) is 10.1. The number of aryl methyl sites for hydroxylation is 2. The second kappa shape index (κ2) is 7.05. The highest BCUT2D eigenvalue weighted by atomic mass is 32.1. The molecular formula is C20H20N2O3S. The minimum atomic E-state index is -0.402. The van der Waals surface area contributed by atoms with E-state index in [0.717, 1.165) is 47.9 Å². The van der Waals surface area contributed by atoms with Gasteiger partial charge >= 0.3 is 5.97 Å². The molecule has 0 radical (unpaired) electrons. The zero-order valence-electron chi connectivity index (χ0n) is 14.8. The number of carbonyl (C=O) groups is 1. The monoisotopic (exact) mass is 368 g/mol. The number of morpholine rings is 1. The fourth-order valence-electron chi connectivity index (χ4n) is 3.14. The molecule has 2 aliphatic rings. The molecule has 0 unspecified atom stereocenters. The molecule has 3 heterocycles. The standard InChI is InChI=1S/C20H20N2O3S/c1-13-9-14(2)11-15(10-13)19-21-17(20(23)25-19)12-16-3-4-18(26-16)22-5-7-24-8-6-22/h3-4,9-12H,5-8H2,1-2H3/b17-12+. The zero-order valence-corrected chi connectivity index (χ0v) is 15.6. The molecule has 1 aromatic heterocycles. The van der Waals surface area contributed by atoms with E-state index in [0.29, 0.717) is 11.6 Å². The lowest BCUT2D eigenvalue weighted by Gasteiger charge is -2.27. The molecule has 0 spiro atoms. The predicted molar refractivity (Wildman–Crippen MR) is 104 cm³/mol. The number of esters is 1. The third-order valence-corrected chi connectivity index (χ3v) is 5.40. The number of nitrogens with zero attached hydrogens (tertiary/aromatic N) is 2. The van der Waals surface area contributed by atoms with Gasteiger partial charge in [-0.3, -0.25) is 0 Å². The number of aliphatic imine (C=N–C) groups is 1. The predicted octanol–water partition coefficient (Wildman–Crippen LogP) is 3.55. The molecule has 1 saturated heterocycles. The Morgan fingerprint density at radius 2 is 1.85 bits per heavy atom. The van der Waals surface area contributed by atoms with Crippen LogP contribution in [0.3, 0.4) is 0 Å². The van der Waals surface area contributed by atoms with Gasteiger partial charge in [-0.15, -0.1) is 11.3 Å². The molecule has 1 fully saturated rings. The number of thiophene rings is 1. The lowest BCUT2D eigenvalue weighted by atomic mass is 10.1. The van der Waals surface area contributed by atoms with E-state index in [1.165, 1.54) is 5.00 Å². The Balaban J connectivity index is 1.58. The molecule has 2 aliphatic heterocycles. The summed E-state index contributed by atoms with van der Waals surface area (Å²) in [7, 11) is 0. The van der Waals surface area contributed by atoms with Crippen LogP contribution >= 0.6 is 11.3 Å². The molecule has 26 heavy (non-hydrogen) atoms. The van der Waals surface area contributed by atoms with Crippen LogP contribution in [-0.2, 0) is 14.3 Å². The van der Waals surface area contributed by atoms with Gasteiger partial charge in [-0.1, -0.05) is 17.2 Å². The van der Waals surface area contributed by atoms with E-state index in [1.807, 2.05) is 32.0 Å². The van der Waals surface area contributed by atoms with Gasteiger partial charge in [-0.05, 0) is 44.2 Å². The van der Waals surface area contributed by atoms with Crippen LogP contribution in [0.2, 0.25) is 0 Å². The number of hydrogen-bond acceptors (Lipinski definition) is 6. The fourth-order valence-corrected chi connectivity index (χ4v) is 4.13. The quantitative estimate of drug-likeness (QED) is 0.614. The Bertz CT molecular complexity index is 887. The largest absolute Gasteiger partial charge is 0.402 e. The maximum Gasteiger partial charge on any atom is 0.363 e. The number of anilines is 1. The molecule has 6 heteroatoms. The fraction of sp³-hybridized carbons (Fsp3) is 0.300. The van der Waals surface area contributed by atoms with Gasteiger partial charge in [0.25, 0.3) is 0 Å². The van der Waals surface area contributed by atoms with Gasteiger partial charge in [0.15, 0.2) is 5.70 Å². The molecule has 0 saturated carbocycles. The first-order chi connectivity index (χ1) is 12.6. The average molecular weight is 368 g/mol. The van der Waals surface area contributed by atoms with Crippen LogP contribution in [0.5, 0.6) is 0 Å². The van der Waals surface area contributed by atoms with Gasteiger partial charge in [0.2, 0.25) is 5.90 Å². The summed E-state index contributed by atoms with van der Waals surface area (Å²) >= 11 is 1.65. The highest BCUT2D eigenvalue weighted by Gasteiger charge is 2.25. The summed E-state index contributed by atoms with van der Waals surface area (Å²) in [6.45, 7) is 7.34. The highest BCUT2D eigenvalue weighted by molar-refractivity contribution is 7.16. The van der Waals surface area contributed by atoms with Crippen LogP contribution in [0, 0.1) is 13.8 Å². The number of benzene rings is 1. The third kappa shape index (κ3) is 3.57. The second-order valence-electron chi connectivity index (χ2n) is 6.49. The molecule has 1 aromatic carbocycles. The third-order valence-electron chi connectivity index (χ3n) is 4.30. The molecule has 134 valence electrons. The molecule has 4 rings (SSSR count). The Kier molecular flexibility index (Phi) is 4.61. The van der Waals surface area contributed by atoms with E-state index in [4.69, 9.17) is 9.47 Å². The van der Waals surface area contributed by atoms with E-state index in [2.05, 4.69) is 22.0 Å². The second-order valence-corrected chi connectivity index (χ2v) is 7.58. The Morgan fingerprint density at radius 1 is 1.12 bits per heavy atom. The van der Waals surface area contributed by atoms with Crippen molar-refractivity contribution >= 4 is 34.3 Å². The van der Waals surface area contributed by atoms with Crippen LogP contribution in [0.15, 0.2) is 41.0 Å². The Morgan fingerprint density at radius 3 is 2.58 bits per heavy atom. The van der Waals surface area contributed by atoms with E-state index in [-0.39, 0.29) is 0 Å². The summed E-state index contributed by atoms with van der Waals surface area (Å²) < 4.78 is 10.8. The van der Waals surface area contributed by atoms with E-state index in [1.54, 1.807) is 17.4 Å². The molecule has 0 bridgehead atoms. The maximum absolute atomic E-state index is 12.2. The Hall–Kier alpha value is -2.44. The van der Waals surface area contributed by atoms with Gasteiger partial charge in [0.05, 0.1) is 18.2 Å². The summed E-state index contributed by atoms with van der Waals surface area (Å²) in [5, 5.41) is 1.19. The number of cyclic esters (lactones) is 1. The lowest BCUT2D eigenvalue weighted by molar-refractivity contribution is -0.129. The van der Waals surface area contributed by atoms with Crippen molar-refractivity contribution in [3.8, 4) is 0 Å². The van der Waals surface area contributed by atoms with Crippen LogP contribution in [0.4, 0.5) is 5.00 Å². The van der Waals surface area contributed by atoms with Gasteiger partial charge < -0.3 is 14.4 Å². The van der Waals surface area contributed by atoms with Crippen molar-refractivity contribution in [1.29, 1.82) is 0 Å². The van der Waals surface area contributed by atoms with Crippen molar-refractivity contribution < 1.29 is 14.3 Å².